The first-order valence-electron chi connectivity index (χ1n) is 7.60. The van der Waals surface area contributed by atoms with Crippen LogP contribution in [-0.4, -0.2) is 34.8 Å². The molecule has 2 N–H and O–H groups in total. The molecule has 0 bridgehead atoms. The second kappa shape index (κ2) is 6.39. The number of hydrogen-bond donors (Lipinski definition) is 2. The number of carbonyl (C=O) groups excluding carboxylic acids is 1. The Kier molecular flexibility index (Phi) is 4.81. The molecule has 2 heterocycles. The van der Waals surface area contributed by atoms with Gasteiger partial charge in [0.2, 0.25) is 0 Å². The molecule has 2 rings (SSSR count). The van der Waals surface area contributed by atoms with Gasteiger partial charge >= 0.3 is 0 Å². The third-order valence-corrected chi connectivity index (χ3v) is 4.15. The summed E-state index contributed by atoms with van der Waals surface area (Å²) in [5, 5.41) is 11.0. The van der Waals surface area contributed by atoms with Gasteiger partial charge in [0.15, 0.2) is 0 Å². The molecule has 1 aliphatic rings. The molecule has 2 atom stereocenters. The van der Waals surface area contributed by atoms with Crippen molar-refractivity contribution in [3.8, 4) is 0 Å². The highest BCUT2D eigenvalue weighted by Crippen LogP contribution is 2.16. The van der Waals surface area contributed by atoms with Gasteiger partial charge in [0.1, 0.15) is 0 Å². The van der Waals surface area contributed by atoms with E-state index in [0.29, 0.717) is 5.92 Å². The van der Waals surface area contributed by atoms with Crippen molar-refractivity contribution in [2.75, 3.05) is 13.1 Å². The van der Waals surface area contributed by atoms with Gasteiger partial charge in [-0.15, -0.1) is 0 Å². The molecule has 1 aromatic heterocycles. The Labute approximate surface area is 121 Å². The van der Waals surface area contributed by atoms with Gasteiger partial charge in [0, 0.05) is 18.3 Å². The highest BCUT2D eigenvalue weighted by Gasteiger charge is 2.25. The summed E-state index contributed by atoms with van der Waals surface area (Å²) >= 11 is 0. The van der Waals surface area contributed by atoms with Crippen LogP contribution in [0.2, 0.25) is 0 Å². The first-order valence-corrected chi connectivity index (χ1v) is 7.60. The van der Waals surface area contributed by atoms with Crippen molar-refractivity contribution in [3.63, 3.8) is 0 Å². The second-order valence-corrected chi connectivity index (χ2v) is 5.82. The molecule has 1 saturated heterocycles. The molecule has 0 saturated carbocycles. The standard InChI is InChI=1S/C15H26N4O/c1-5-8-19-12(4)14(11(3)18-19)15(20)17-13-6-7-16-9-10(13)2/h10,13,16H,5-9H2,1-4H3,(H,17,20). The third-order valence-electron chi connectivity index (χ3n) is 4.15. The number of hydrogen-bond acceptors (Lipinski definition) is 3. The first kappa shape index (κ1) is 15.0. The van der Waals surface area contributed by atoms with Crippen LogP contribution >= 0.6 is 0 Å². The SMILES string of the molecule is CCCn1nc(C)c(C(=O)NC2CCNCC2C)c1C. The fourth-order valence-corrected chi connectivity index (χ4v) is 2.92. The molecule has 20 heavy (non-hydrogen) atoms. The quantitative estimate of drug-likeness (QED) is 0.880. The van der Waals surface area contributed by atoms with Gasteiger partial charge in [-0.05, 0) is 45.7 Å². The summed E-state index contributed by atoms with van der Waals surface area (Å²) in [5.41, 5.74) is 2.56. The Bertz CT molecular complexity index is 480. The van der Waals surface area contributed by atoms with Crippen LogP contribution in [0.4, 0.5) is 0 Å². The highest BCUT2D eigenvalue weighted by molar-refractivity contribution is 5.96. The maximum Gasteiger partial charge on any atom is 0.255 e. The molecule has 1 aromatic rings. The number of carbonyl (C=O) groups is 1. The molecular formula is C15H26N4O. The number of piperidine rings is 1. The average Bonchev–Trinajstić information content (AvgIpc) is 2.68. The van der Waals surface area contributed by atoms with Gasteiger partial charge in [-0.1, -0.05) is 13.8 Å². The van der Waals surface area contributed by atoms with Gasteiger partial charge in [0.05, 0.1) is 11.3 Å². The van der Waals surface area contributed by atoms with Crippen LogP contribution in [-0.2, 0) is 6.54 Å². The molecule has 2 unspecified atom stereocenters. The van der Waals surface area contributed by atoms with Crippen molar-refractivity contribution in [3.05, 3.63) is 17.0 Å². The number of aromatic nitrogens is 2. The lowest BCUT2D eigenvalue weighted by atomic mass is 9.95. The van der Waals surface area contributed by atoms with Crippen molar-refractivity contribution in [2.24, 2.45) is 5.92 Å². The van der Waals surface area contributed by atoms with Crippen LogP contribution in [0.15, 0.2) is 0 Å². The fourth-order valence-electron chi connectivity index (χ4n) is 2.92. The first-order chi connectivity index (χ1) is 9.54. The molecule has 0 aliphatic carbocycles. The summed E-state index contributed by atoms with van der Waals surface area (Å²) in [6.45, 7) is 11.0. The maximum absolute atomic E-state index is 12.5. The lowest BCUT2D eigenvalue weighted by Crippen LogP contribution is -2.48. The second-order valence-electron chi connectivity index (χ2n) is 5.82. The molecular weight excluding hydrogens is 252 g/mol. The third kappa shape index (κ3) is 3.03. The van der Waals surface area contributed by atoms with Crippen molar-refractivity contribution >= 4 is 5.91 Å². The van der Waals surface area contributed by atoms with E-state index in [4.69, 9.17) is 0 Å². The highest BCUT2D eigenvalue weighted by atomic mass is 16.1. The van der Waals surface area contributed by atoms with E-state index in [0.717, 1.165) is 49.4 Å². The average molecular weight is 278 g/mol. The maximum atomic E-state index is 12.5. The van der Waals surface area contributed by atoms with Crippen molar-refractivity contribution in [1.82, 2.24) is 20.4 Å². The Morgan fingerprint density at radius 3 is 2.90 bits per heavy atom. The fraction of sp³-hybridized carbons (Fsp3) is 0.733. The zero-order chi connectivity index (χ0) is 14.7. The van der Waals surface area contributed by atoms with Gasteiger partial charge in [0.25, 0.3) is 5.91 Å². The molecule has 0 radical (unpaired) electrons. The number of aryl methyl sites for hydroxylation is 2. The minimum absolute atomic E-state index is 0.0288. The largest absolute Gasteiger partial charge is 0.349 e. The van der Waals surface area contributed by atoms with E-state index in [1.54, 1.807) is 0 Å². The van der Waals surface area contributed by atoms with Crippen LogP contribution in [0.3, 0.4) is 0 Å². The zero-order valence-electron chi connectivity index (χ0n) is 13.0. The monoisotopic (exact) mass is 278 g/mol. The van der Waals surface area contributed by atoms with Crippen LogP contribution in [0, 0.1) is 19.8 Å². The zero-order valence-corrected chi connectivity index (χ0v) is 13.0. The van der Waals surface area contributed by atoms with Gasteiger partial charge < -0.3 is 10.6 Å². The van der Waals surface area contributed by atoms with Crippen LogP contribution in [0.5, 0.6) is 0 Å². The molecule has 1 aliphatic heterocycles. The Morgan fingerprint density at radius 2 is 2.25 bits per heavy atom. The van der Waals surface area contributed by atoms with Crippen LogP contribution in [0.1, 0.15) is 48.4 Å². The Hall–Kier alpha value is -1.36. The van der Waals surface area contributed by atoms with Crippen molar-refractivity contribution < 1.29 is 4.79 Å². The molecule has 0 aromatic carbocycles. The summed E-state index contributed by atoms with van der Waals surface area (Å²) in [7, 11) is 0. The van der Waals surface area contributed by atoms with E-state index in [1.165, 1.54) is 0 Å². The minimum Gasteiger partial charge on any atom is -0.349 e. The van der Waals surface area contributed by atoms with E-state index < -0.39 is 0 Å². The van der Waals surface area contributed by atoms with Gasteiger partial charge in [-0.3, -0.25) is 9.48 Å². The predicted octanol–water partition coefficient (Wildman–Crippen LogP) is 1.64. The predicted molar refractivity (Wildman–Crippen MR) is 79.9 cm³/mol. The van der Waals surface area contributed by atoms with E-state index in [2.05, 4.69) is 29.6 Å². The summed E-state index contributed by atoms with van der Waals surface area (Å²) in [6, 6.07) is 0.261. The van der Waals surface area contributed by atoms with Gasteiger partial charge in [-0.25, -0.2) is 0 Å². The normalized spacial score (nSPS) is 22.8. The number of nitrogens with zero attached hydrogens (tertiary/aromatic N) is 2. The van der Waals surface area contributed by atoms with E-state index >= 15 is 0 Å². The van der Waals surface area contributed by atoms with Gasteiger partial charge in [-0.2, -0.15) is 5.10 Å². The molecule has 1 fully saturated rings. The van der Waals surface area contributed by atoms with Crippen LogP contribution < -0.4 is 10.6 Å². The van der Waals surface area contributed by atoms with E-state index in [1.807, 2.05) is 18.5 Å². The molecule has 5 nitrogen and oxygen atoms in total. The lowest BCUT2D eigenvalue weighted by Gasteiger charge is -2.30. The van der Waals surface area contributed by atoms with Crippen LogP contribution in [0.25, 0.3) is 0 Å². The molecule has 0 spiro atoms. The van der Waals surface area contributed by atoms with Crippen molar-refractivity contribution in [1.29, 1.82) is 0 Å². The number of rotatable bonds is 4. The number of nitrogens with one attached hydrogen (secondary N) is 2. The van der Waals surface area contributed by atoms with E-state index in [9.17, 15) is 4.79 Å². The number of amides is 1. The summed E-state index contributed by atoms with van der Waals surface area (Å²) in [4.78, 5) is 12.5. The smallest absolute Gasteiger partial charge is 0.255 e. The minimum atomic E-state index is 0.0288. The Balaban J connectivity index is 2.12. The van der Waals surface area contributed by atoms with E-state index in [-0.39, 0.29) is 11.9 Å². The molecule has 5 heteroatoms. The summed E-state index contributed by atoms with van der Waals surface area (Å²) in [6.07, 6.45) is 2.02. The summed E-state index contributed by atoms with van der Waals surface area (Å²) in [5.74, 6) is 0.500. The topological polar surface area (TPSA) is 59.0 Å². The Morgan fingerprint density at radius 1 is 1.50 bits per heavy atom. The molecule has 1 amide bonds. The lowest BCUT2D eigenvalue weighted by molar-refractivity contribution is 0.0913. The molecule has 112 valence electrons. The van der Waals surface area contributed by atoms with Crippen molar-refractivity contribution in [2.45, 2.75) is 53.1 Å². The summed E-state index contributed by atoms with van der Waals surface area (Å²) < 4.78 is 1.94.